The molecule has 116 valence electrons. The van der Waals surface area contributed by atoms with E-state index in [1.54, 1.807) is 25.4 Å². The number of benzene rings is 1. The average molecular weight is 320 g/mol. The molecule has 0 saturated heterocycles. The van der Waals surface area contributed by atoms with Crippen LogP contribution in [0.15, 0.2) is 29.7 Å². The van der Waals surface area contributed by atoms with Crippen molar-refractivity contribution < 1.29 is 9.18 Å². The van der Waals surface area contributed by atoms with Crippen LogP contribution in [0, 0.1) is 12.7 Å². The minimum absolute atomic E-state index is 0.0719. The number of halogens is 1. The van der Waals surface area contributed by atoms with Crippen LogP contribution in [0.25, 0.3) is 0 Å². The summed E-state index contributed by atoms with van der Waals surface area (Å²) in [4.78, 5) is 11.9. The number of amides is 1. The van der Waals surface area contributed by atoms with Gasteiger partial charge in [-0.25, -0.2) is 4.39 Å². The maximum atomic E-state index is 13.2. The zero-order chi connectivity index (χ0) is 15.5. The smallest absolute Gasteiger partial charge is 0.230 e. The van der Waals surface area contributed by atoms with Gasteiger partial charge in [-0.3, -0.25) is 4.79 Å². The molecule has 1 aromatic carbocycles. The van der Waals surface area contributed by atoms with E-state index in [1.165, 1.54) is 17.8 Å². The fraction of sp³-hybridized carbons (Fsp3) is 0.400. The Morgan fingerprint density at radius 3 is 3.05 bits per heavy atom. The third-order valence-electron chi connectivity index (χ3n) is 3.52. The van der Waals surface area contributed by atoms with Gasteiger partial charge in [-0.15, -0.1) is 10.2 Å². The van der Waals surface area contributed by atoms with Crippen molar-refractivity contribution in [1.29, 1.82) is 0 Å². The van der Waals surface area contributed by atoms with Gasteiger partial charge in [0.05, 0.1) is 5.75 Å². The van der Waals surface area contributed by atoms with Gasteiger partial charge in [0, 0.05) is 12.6 Å². The molecule has 1 amide bonds. The molecule has 5 nitrogen and oxygen atoms in total. The Morgan fingerprint density at radius 2 is 2.32 bits per heavy atom. The number of thioether (sulfide) groups is 1. The standard InChI is InChI=1S/C15H17FN4OS/c1-10-6-11(2-5-13(10)16)7-17-14(21)8-22-15-19-18-9-20(15)12-3-4-12/h2,5-6,9,12H,3-4,7-8H2,1H3,(H,17,21). The summed E-state index contributed by atoms with van der Waals surface area (Å²) in [5.41, 5.74) is 1.47. The third-order valence-corrected chi connectivity index (χ3v) is 4.48. The molecule has 1 N–H and O–H groups in total. The normalized spacial score (nSPS) is 14.1. The Labute approximate surface area is 132 Å². The molecule has 0 spiro atoms. The summed E-state index contributed by atoms with van der Waals surface area (Å²) in [6, 6.07) is 5.35. The van der Waals surface area contributed by atoms with Crippen LogP contribution in [0.4, 0.5) is 4.39 Å². The molecule has 2 aromatic rings. The molecule has 1 fully saturated rings. The van der Waals surface area contributed by atoms with Crippen molar-refractivity contribution in [2.45, 2.75) is 37.5 Å². The molecule has 1 aliphatic rings. The predicted octanol–water partition coefficient (Wildman–Crippen LogP) is 2.47. The van der Waals surface area contributed by atoms with E-state index in [9.17, 15) is 9.18 Å². The summed E-state index contributed by atoms with van der Waals surface area (Å²) >= 11 is 1.39. The summed E-state index contributed by atoms with van der Waals surface area (Å²) in [7, 11) is 0. The highest BCUT2D eigenvalue weighted by Crippen LogP contribution is 2.37. The second-order valence-electron chi connectivity index (χ2n) is 5.40. The largest absolute Gasteiger partial charge is 0.351 e. The van der Waals surface area contributed by atoms with Crippen LogP contribution in [0.3, 0.4) is 0 Å². The minimum Gasteiger partial charge on any atom is -0.351 e. The van der Waals surface area contributed by atoms with Gasteiger partial charge in [-0.2, -0.15) is 0 Å². The lowest BCUT2D eigenvalue weighted by atomic mass is 10.1. The molecule has 0 radical (unpaired) electrons. The first-order valence-electron chi connectivity index (χ1n) is 7.17. The van der Waals surface area contributed by atoms with Crippen molar-refractivity contribution >= 4 is 17.7 Å². The summed E-state index contributed by atoms with van der Waals surface area (Å²) < 4.78 is 15.2. The van der Waals surface area contributed by atoms with Crippen LogP contribution < -0.4 is 5.32 Å². The highest BCUT2D eigenvalue weighted by molar-refractivity contribution is 7.99. The van der Waals surface area contributed by atoms with Crippen molar-refractivity contribution in [2.75, 3.05) is 5.75 Å². The number of aromatic nitrogens is 3. The molecule has 0 unspecified atom stereocenters. The number of rotatable bonds is 6. The third kappa shape index (κ3) is 3.65. The van der Waals surface area contributed by atoms with E-state index in [0.717, 1.165) is 23.6 Å². The van der Waals surface area contributed by atoms with Crippen molar-refractivity contribution in [3.8, 4) is 0 Å². The average Bonchev–Trinajstić information content (AvgIpc) is 3.25. The number of carbonyl (C=O) groups excluding carboxylic acids is 1. The number of hydrogen-bond acceptors (Lipinski definition) is 4. The molecule has 1 aromatic heterocycles. The number of nitrogens with one attached hydrogen (secondary N) is 1. The van der Waals surface area contributed by atoms with Crippen molar-refractivity contribution in [3.63, 3.8) is 0 Å². The lowest BCUT2D eigenvalue weighted by Crippen LogP contribution is -2.24. The Balaban J connectivity index is 1.48. The summed E-state index contributed by atoms with van der Waals surface area (Å²) in [5, 5.41) is 11.6. The van der Waals surface area contributed by atoms with Gasteiger partial charge in [-0.1, -0.05) is 23.9 Å². The maximum Gasteiger partial charge on any atom is 0.230 e. The lowest BCUT2D eigenvalue weighted by Gasteiger charge is -2.07. The first kappa shape index (κ1) is 15.0. The number of aryl methyl sites for hydroxylation is 1. The van der Waals surface area contributed by atoms with Crippen molar-refractivity contribution in [2.24, 2.45) is 0 Å². The Bertz CT molecular complexity index is 684. The predicted molar refractivity (Wildman–Crippen MR) is 82.0 cm³/mol. The number of nitrogens with zero attached hydrogens (tertiary/aromatic N) is 3. The molecule has 1 aliphatic carbocycles. The molecule has 22 heavy (non-hydrogen) atoms. The zero-order valence-electron chi connectivity index (χ0n) is 12.3. The van der Waals surface area contributed by atoms with Gasteiger partial charge in [0.1, 0.15) is 12.1 Å². The minimum atomic E-state index is -0.231. The van der Waals surface area contributed by atoms with Gasteiger partial charge < -0.3 is 9.88 Å². The van der Waals surface area contributed by atoms with E-state index in [0.29, 0.717) is 23.9 Å². The molecule has 1 heterocycles. The van der Waals surface area contributed by atoms with Gasteiger partial charge >= 0.3 is 0 Å². The highest BCUT2D eigenvalue weighted by atomic mass is 32.2. The summed E-state index contributed by atoms with van der Waals surface area (Å²) in [5.74, 6) is -0.00615. The highest BCUT2D eigenvalue weighted by Gasteiger charge is 2.26. The van der Waals surface area contributed by atoms with Gasteiger partial charge in [0.25, 0.3) is 0 Å². The van der Waals surface area contributed by atoms with Gasteiger partial charge in [-0.05, 0) is 37.0 Å². The van der Waals surface area contributed by atoms with Crippen LogP contribution >= 0.6 is 11.8 Å². The van der Waals surface area contributed by atoms with E-state index in [1.807, 2.05) is 4.57 Å². The molecule has 0 bridgehead atoms. The Morgan fingerprint density at radius 1 is 1.50 bits per heavy atom. The molecule has 7 heteroatoms. The molecule has 3 rings (SSSR count). The lowest BCUT2D eigenvalue weighted by molar-refractivity contribution is -0.118. The van der Waals surface area contributed by atoms with E-state index < -0.39 is 0 Å². The molecular formula is C15H17FN4OS. The Kier molecular flexibility index (Phi) is 4.42. The van der Waals surface area contributed by atoms with Crippen LogP contribution in [-0.4, -0.2) is 26.4 Å². The molecule has 1 saturated carbocycles. The molecule has 0 atom stereocenters. The number of hydrogen-bond donors (Lipinski definition) is 1. The van der Waals surface area contributed by atoms with E-state index >= 15 is 0 Å². The molecular weight excluding hydrogens is 303 g/mol. The van der Waals surface area contributed by atoms with Crippen LogP contribution in [0.2, 0.25) is 0 Å². The SMILES string of the molecule is Cc1cc(CNC(=O)CSc2nncn2C2CC2)ccc1F. The first-order chi connectivity index (χ1) is 10.6. The molecule has 0 aliphatic heterocycles. The topological polar surface area (TPSA) is 59.8 Å². The van der Waals surface area contributed by atoms with Gasteiger partial charge in [0.15, 0.2) is 5.16 Å². The summed E-state index contributed by atoms with van der Waals surface area (Å²) in [6.07, 6.45) is 4.03. The second-order valence-corrected chi connectivity index (χ2v) is 6.34. The Hall–Kier alpha value is -1.89. The fourth-order valence-corrected chi connectivity index (χ4v) is 2.95. The van der Waals surface area contributed by atoms with Crippen molar-refractivity contribution in [1.82, 2.24) is 20.1 Å². The monoisotopic (exact) mass is 320 g/mol. The van der Waals surface area contributed by atoms with E-state index in [4.69, 9.17) is 0 Å². The second kappa shape index (κ2) is 6.48. The van der Waals surface area contributed by atoms with E-state index in [2.05, 4.69) is 15.5 Å². The van der Waals surface area contributed by atoms with E-state index in [-0.39, 0.29) is 11.7 Å². The number of carbonyl (C=O) groups is 1. The zero-order valence-corrected chi connectivity index (χ0v) is 13.1. The quantitative estimate of drug-likeness (QED) is 0.831. The summed E-state index contributed by atoms with van der Waals surface area (Å²) in [6.45, 7) is 2.11. The first-order valence-corrected chi connectivity index (χ1v) is 8.16. The van der Waals surface area contributed by atoms with Crippen LogP contribution in [0.5, 0.6) is 0 Å². The van der Waals surface area contributed by atoms with Gasteiger partial charge in [0.2, 0.25) is 5.91 Å². The van der Waals surface area contributed by atoms with Crippen LogP contribution in [0.1, 0.15) is 30.0 Å². The maximum absolute atomic E-state index is 13.2. The fourth-order valence-electron chi connectivity index (χ4n) is 2.14. The van der Waals surface area contributed by atoms with Crippen molar-refractivity contribution in [3.05, 3.63) is 41.5 Å². The van der Waals surface area contributed by atoms with Crippen LogP contribution in [-0.2, 0) is 11.3 Å².